The van der Waals surface area contributed by atoms with Gasteiger partial charge in [0.15, 0.2) is 0 Å². The summed E-state index contributed by atoms with van der Waals surface area (Å²) >= 11 is 0. The van der Waals surface area contributed by atoms with E-state index in [1.54, 1.807) is 6.20 Å². The smallest absolute Gasteiger partial charge is 0.475 e. The van der Waals surface area contributed by atoms with Gasteiger partial charge in [0, 0.05) is 31.4 Å². The average molecular weight is 584 g/mol. The van der Waals surface area contributed by atoms with Crippen LogP contribution in [0.2, 0.25) is 0 Å². The Hall–Kier alpha value is -3.73. The summed E-state index contributed by atoms with van der Waals surface area (Å²) in [5.41, 5.74) is 2.72. The first kappa shape index (κ1) is 32.5. The van der Waals surface area contributed by atoms with Crippen molar-refractivity contribution in [1.82, 2.24) is 15.0 Å². The zero-order valence-corrected chi connectivity index (χ0v) is 21.2. The summed E-state index contributed by atoms with van der Waals surface area (Å²) in [5, 5.41) is 18.3. The van der Waals surface area contributed by atoms with Gasteiger partial charge in [0.05, 0.1) is 36.2 Å². The molecule has 2 fully saturated rings. The van der Waals surface area contributed by atoms with Gasteiger partial charge in [0.25, 0.3) is 0 Å². The summed E-state index contributed by atoms with van der Waals surface area (Å²) in [6.07, 6.45) is -7.68. The fraction of sp³-hybridized carbons (Fsp3) is 0.522. The first-order valence-corrected chi connectivity index (χ1v) is 11.6. The molecule has 0 saturated carbocycles. The molecule has 17 heteroatoms. The van der Waals surface area contributed by atoms with Crippen LogP contribution in [0.1, 0.15) is 23.6 Å². The minimum Gasteiger partial charge on any atom is -0.475 e. The van der Waals surface area contributed by atoms with Crippen molar-refractivity contribution in [1.29, 1.82) is 0 Å². The van der Waals surface area contributed by atoms with Crippen molar-refractivity contribution in [2.24, 2.45) is 5.92 Å². The number of nitrogens with zero attached hydrogens (tertiary/aromatic N) is 4. The number of likely N-dealkylation sites (tertiary alicyclic amines) is 1. The van der Waals surface area contributed by atoms with Gasteiger partial charge in [-0.3, -0.25) is 14.7 Å². The lowest BCUT2D eigenvalue weighted by molar-refractivity contribution is -0.193. The molecule has 4 heterocycles. The number of piperidine rings is 1. The molecule has 2 N–H and O–H groups in total. The van der Waals surface area contributed by atoms with Crippen LogP contribution in [0.4, 0.5) is 32.0 Å². The van der Waals surface area contributed by atoms with Gasteiger partial charge >= 0.3 is 24.3 Å². The Morgan fingerprint density at radius 1 is 1.05 bits per heavy atom. The zero-order valence-electron chi connectivity index (χ0n) is 21.2. The maximum absolute atomic E-state index is 13.1. The number of hydrogen-bond donors (Lipinski definition) is 2. The van der Waals surface area contributed by atoms with Crippen LogP contribution >= 0.6 is 0 Å². The number of carbonyl (C=O) groups is 3. The molecule has 0 spiro atoms. The van der Waals surface area contributed by atoms with Gasteiger partial charge in [-0.15, -0.1) is 0 Å². The Morgan fingerprint density at radius 2 is 1.65 bits per heavy atom. The van der Waals surface area contributed by atoms with Crippen molar-refractivity contribution in [3.63, 3.8) is 0 Å². The number of aromatic nitrogens is 2. The first-order valence-electron chi connectivity index (χ1n) is 11.6. The third-order valence-electron chi connectivity index (χ3n) is 5.63. The number of anilines is 1. The zero-order chi connectivity index (χ0) is 30.3. The second-order valence-electron chi connectivity index (χ2n) is 8.72. The van der Waals surface area contributed by atoms with Gasteiger partial charge in [0.1, 0.15) is 5.76 Å². The molecule has 4 rings (SSSR count). The molecule has 11 nitrogen and oxygen atoms in total. The molecule has 0 aliphatic carbocycles. The van der Waals surface area contributed by atoms with Crippen molar-refractivity contribution in [3.05, 3.63) is 41.5 Å². The van der Waals surface area contributed by atoms with Gasteiger partial charge in [0.2, 0.25) is 5.91 Å². The summed E-state index contributed by atoms with van der Waals surface area (Å²) in [6, 6.07) is 5.86. The van der Waals surface area contributed by atoms with Gasteiger partial charge in [-0.2, -0.15) is 26.3 Å². The first-order chi connectivity index (χ1) is 18.5. The minimum atomic E-state index is -5.08. The number of fused-ring (bicyclic) bond motifs is 1. The number of alkyl halides is 6. The van der Waals surface area contributed by atoms with Gasteiger partial charge < -0.3 is 24.4 Å². The maximum Gasteiger partial charge on any atom is 0.490 e. The van der Waals surface area contributed by atoms with E-state index in [9.17, 15) is 31.1 Å². The third-order valence-corrected chi connectivity index (χ3v) is 5.63. The number of halogens is 6. The lowest BCUT2D eigenvalue weighted by Crippen LogP contribution is -2.49. The van der Waals surface area contributed by atoms with Crippen molar-refractivity contribution in [2.75, 3.05) is 31.1 Å². The molecule has 0 unspecified atom stereocenters. The molecule has 2 aromatic rings. The Morgan fingerprint density at radius 3 is 2.12 bits per heavy atom. The van der Waals surface area contributed by atoms with E-state index in [1.165, 1.54) is 0 Å². The molecular formula is C23H26F6N4O7. The molecule has 2 aromatic heterocycles. The highest BCUT2D eigenvalue weighted by molar-refractivity contribution is 5.95. The van der Waals surface area contributed by atoms with Crippen LogP contribution in [0, 0.1) is 19.8 Å². The SMILES string of the molecule is Cc1ccc(N2CCO[C@H]3CN(Cc4cc(C)on4)CC[C@H]3C2=O)cn1.O=C(O)C(F)(F)F.O=C(O)C(F)(F)F. The number of rotatable bonds is 3. The van der Waals surface area contributed by atoms with Crippen LogP contribution in [-0.2, 0) is 25.7 Å². The molecule has 0 aromatic carbocycles. The van der Waals surface area contributed by atoms with E-state index >= 15 is 0 Å². The molecular weight excluding hydrogens is 558 g/mol. The number of carbonyl (C=O) groups excluding carboxylic acids is 1. The fourth-order valence-corrected chi connectivity index (χ4v) is 3.78. The van der Waals surface area contributed by atoms with Crippen LogP contribution in [0.5, 0.6) is 0 Å². The Kier molecular flexibility index (Phi) is 11.0. The topological polar surface area (TPSA) is 146 Å². The molecule has 222 valence electrons. The predicted octanol–water partition coefficient (Wildman–Crippen LogP) is 3.21. The normalized spacial score (nSPS) is 19.8. The summed E-state index contributed by atoms with van der Waals surface area (Å²) in [5.74, 6) is -4.65. The molecule has 40 heavy (non-hydrogen) atoms. The van der Waals surface area contributed by atoms with Crippen molar-refractivity contribution < 1.29 is 60.2 Å². The molecule has 2 aliphatic heterocycles. The fourth-order valence-electron chi connectivity index (χ4n) is 3.78. The van der Waals surface area contributed by atoms with Crippen LogP contribution in [0.15, 0.2) is 28.9 Å². The number of carboxylic acids is 2. The maximum atomic E-state index is 13.1. The molecule has 2 saturated heterocycles. The second kappa shape index (κ2) is 13.6. The van der Waals surface area contributed by atoms with E-state index < -0.39 is 24.3 Å². The lowest BCUT2D eigenvalue weighted by Gasteiger charge is -2.36. The molecule has 2 aliphatic rings. The number of carboxylic acid groups (broad SMARTS) is 2. The average Bonchev–Trinajstić information content (AvgIpc) is 3.18. The Balaban J connectivity index is 0.000000333. The summed E-state index contributed by atoms with van der Waals surface area (Å²) in [7, 11) is 0. The van der Waals surface area contributed by atoms with Gasteiger partial charge in [-0.25, -0.2) is 9.59 Å². The molecule has 0 bridgehead atoms. The highest BCUT2D eigenvalue weighted by Gasteiger charge is 2.40. The summed E-state index contributed by atoms with van der Waals surface area (Å²) in [6.45, 7) is 7.26. The van der Waals surface area contributed by atoms with E-state index in [-0.39, 0.29) is 17.9 Å². The van der Waals surface area contributed by atoms with Crippen molar-refractivity contribution in [2.45, 2.75) is 45.3 Å². The van der Waals surface area contributed by atoms with E-state index in [0.717, 1.165) is 48.9 Å². The van der Waals surface area contributed by atoms with E-state index in [1.807, 2.05) is 36.9 Å². The third kappa shape index (κ3) is 9.78. The van der Waals surface area contributed by atoms with E-state index in [2.05, 4.69) is 15.0 Å². The van der Waals surface area contributed by atoms with Crippen LogP contribution in [0.3, 0.4) is 0 Å². The second-order valence-corrected chi connectivity index (χ2v) is 8.72. The molecule has 0 radical (unpaired) electrons. The predicted molar refractivity (Wildman–Crippen MR) is 123 cm³/mol. The lowest BCUT2D eigenvalue weighted by atomic mass is 9.92. The van der Waals surface area contributed by atoms with Crippen LogP contribution < -0.4 is 4.90 Å². The standard InChI is InChI=1S/C19H24N4O3.2C2HF3O2/c1-13-3-4-16(10-20-13)23-7-8-25-18-12-22(6-5-17(18)19(23)24)11-15-9-14(2)26-21-15;2*3-2(4,5)1(6)7/h3-4,9-10,17-18H,5-8,11-12H2,1-2H3;2*(H,6,7)/t17-,18+;;/m1../s1. The Labute approximate surface area is 223 Å². The number of pyridine rings is 1. The number of hydrogen-bond acceptors (Lipinski definition) is 8. The number of ether oxygens (including phenoxy) is 1. The molecule has 2 atom stereocenters. The van der Waals surface area contributed by atoms with Crippen molar-refractivity contribution in [3.8, 4) is 0 Å². The van der Waals surface area contributed by atoms with Gasteiger partial charge in [-0.05, 0) is 38.9 Å². The molecule has 1 amide bonds. The summed E-state index contributed by atoms with van der Waals surface area (Å²) < 4.78 is 74.7. The number of aryl methyl sites for hydroxylation is 2. The largest absolute Gasteiger partial charge is 0.490 e. The number of amides is 1. The number of aliphatic carboxylic acids is 2. The monoisotopic (exact) mass is 584 g/mol. The minimum absolute atomic E-state index is 0.0762. The van der Waals surface area contributed by atoms with Crippen LogP contribution in [-0.4, -0.2) is 87.8 Å². The van der Waals surface area contributed by atoms with Crippen molar-refractivity contribution >= 4 is 23.5 Å². The van der Waals surface area contributed by atoms with E-state index in [0.29, 0.717) is 13.2 Å². The van der Waals surface area contributed by atoms with Gasteiger partial charge in [-0.1, -0.05) is 5.16 Å². The quantitative estimate of drug-likeness (QED) is 0.516. The highest BCUT2D eigenvalue weighted by atomic mass is 19.4. The Bertz CT molecular complexity index is 1130. The van der Waals surface area contributed by atoms with E-state index in [4.69, 9.17) is 29.1 Å². The van der Waals surface area contributed by atoms with Crippen LogP contribution in [0.25, 0.3) is 0 Å². The summed E-state index contributed by atoms with van der Waals surface area (Å²) in [4.78, 5) is 39.3. The highest BCUT2D eigenvalue weighted by Crippen LogP contribution is 2.28.